The summed E-state index contributed by atoms with van der Waals surface area (Å²) in [4.78, 5) is 4.33. The van der Waals surface area contributed by atoms with E-state index in [1.165, 1.54) is 6.07 Å². The Morgan fingerprint density at radius 1 is 1.39 bits per heavy atom. The largest absolute Gasteiger partial charge is 0.385 e. The van der Waals surface area contributed by atoms with Crippen molar-refractivity contribution in [3.63, 3.8) is 0 Å². The van der Waals surface area contributed by atoms with Crippen LogP contribution >= 0.6 is 11.3 Å². The van der Waals surface area contributed by atoms with E-state index in [0.717, 1.165) is 10.7 Å². The number of benzene rings is 1. The fourth-order valence-electron chi connectivity index (χ4n) is 1.87. The normalized spacial score (nSPS) is 14.5. The van der Waals surface area contributed by atoms with Crippen LogP contribution in [0.25, 0.3) is 0 Å². The minimum absolute atomic E-state index is 0.290. The lowest BCUT2D eigenvalue weighted by Gasteiger charge is -2.23. The summed E-state index contributed by atoms with van der Waals surface area (Å²) < 4.78 is 13.5. The number of thiazole rings is 1. The van der Waals surface area contributed by atoms with Crippen molar-refractivity contribution in [1.82, 2.24) is 4.98 Å². The molecule has 4 heteroatoms. The van der Waals surface area contributed by atoms with Crippen LogP contribution in [0.3, 0.4) is 0 Å². The summed E-state index contributed by atoms with van der Waals surface area (Å²) in [6.07, 6.45) is 0.389. The summed E-state index contributed by atoms with van der Waals surface area (Å²) >= 11 is 1.55. The molecule has 0 bridgehead atoms. The van der Waals surface area contributed by atoms with Gasteiger partial charge >= 0.3 is 0 Å². The lowest BCUT2D eigenvalue weighted by molar-refractivity contribution is 0.0564. The molecule has 0 saturated heterocycles. The van der Waals surface area contributed by atoms with Gasteiger partial charge in [-0.3, -0.25) is 0 Å². The van der Waals surface area contributed by atoms with Gasteiger partial charge in [-0.05, 0) is 38.0 Å². The standard InChI is InChI=1S/C14H16FNOS/c1-9-4-5-11(6-13(9)15)14(3,17)7-12-8-18-10(2)16-12/h4-6,8,17H,7H2,1-3H3. The first-order chi connectivity index (χ1) is 8.38. The van der Waals surface area contributed by atoms with E-state index in [1.54, 1.807) is 37.3 Å². The quantitative estimate of drug-likeness (QED) is 0.923. The monoisotopic (exact) mass is 265 g/mol. The maximum atomic E-state index is 13.5. The van der Waals surface area contributed by atoms with Crippen LogP contribution in [0, 0.1) is 19.7 Å². The van der Waals surface area contributed by atoms with Crippen LogP contribution in [0.4, 0.5) is 4.39 Å². The number of hydrogen-bond acceptors (Lipinski definition) is 3. The molecule has 0 aliphatic carbocycles. The van der Waals surface area contributed by atoms with Gasteiger partial charge < -0.3 is 5.11 Å². The fraction of sp³-hybridized carbons (Fsp3) is 0.357. The molecule has 2 nitrogen and oxygen atoms in total. The second-order valence-electron chi connectivity index (χ2n) is 4.77. The van der Waals surface area contributed by atoms with Crippen molar-refractivity contribution in [2.75, 3.05) is 0 Å². The third-order valence-corrected chi connectivity index (χ3v) is 3.81. The number of hydrogen-bond donors (Lipinski definition) is 1. The zero-order valence-corrected chi connectivity index (χ0v) is 11.5. The average Bonchev–Trinajstić information content (AvgIpc) is 2.67. The van der Waals surface area contributed by atoms with Crippen LogP contribution in [0.1, 0.15) is 28.8 Å². The molecule has 0 spiro atoms. The molecule has 2 rings (SSSR count). The Balaban J connectivity index is 2.26. The van der Waals surface area contributed by atoms with Crippen molar-refractivity contribution in [2.45, 2.75) is 32.8 Å². The molecule has 0 fully saturated rings. The van der Waals surface area contributed by atoms with Gasteiger partial charge in [0.05, 0.1) is 16.3 Å². The molecule has 1 atom stereocenters. The fourth-order valence-corrected chi connectivity index (χ4v) is 2.48. The number of halogens is 1. The summed E-state index contributed by atoms with van der Waals surface area (Å²) in [6.45, 7) is 5.32. The molecule has 1 aromatic heterocycles. The van der Waals surface area contributed by atoms with E-state index in [2.05, 4.69) is 4.98 Å². The van der Waals surface area contributed by atoms with E-state index in [-0.39, 0.29) is 5.82 Å². The molecule has 0 aliphatic rings. The minimum atomic E-state index is -1.10. The summed E-state index contributed by atoms with van der Waals surface area (Å²) in [7, 11) is 0. The molecular weight excluding hydrogens is 249 g/mol. The third kappa shape index (κ3) is 2.76. The number of aliphatic hydroxyl groups is 1. The highest BCUT2D eigenvalue weighted by atomic mass is 32.1. The van der Waals surface area contributed by atoms with Crippen LogP contribution in [0.2, 0.25) is 0 Å². The molecule has 0 amide bonds. The summed E-state index contributed by atoms with van der Waals surface area (Å²) in [6, 6.07) is 4.84. The molecule has 1 unspecified atom stereocenters. The minimum Gasteiger partial charge on any atom is -0.385 e. The summed E-state index contributed by atoms with van der Waals surface area (Å²) in [5.74, 6) is -0.290. The number of rotatable bonds is 3. The van der Waals surface area contributed by atoms with E-state index in [0.29, 0.717) is 17.5 Å². The van der Waals surface area contributed by atoms with Gasteiger partial charge in [0.2, 0.25) is 0 Å². The number of nitrogens with zero attached hydrogens (tertiary/aromatic N) is 1. The number of aryl methyl sites for hydroxylation is 2. The van der Waals surface area contributed by atoms with Gasteiger partial charge in [0, 0.05) is 11.8 Å². The smallest absolute Gasteiger partial charge is 0.126 e. The average molecular weight is 265 g/mol. The van der Waals surface area contributed by atoms with E-state index in [9.17, 15) is 9.50 Å². The first kappa shape index (κ1) is 13.2. The molecular formula is C14H16FNOS. The lowest BCUT2D eigenvalue weighted by Crippen LogP contribution is -2.24. The van der Waals surface area contributed by atoms with Crippen molar-refractivity contribution < 1.29 is 9.50 Å². The van der Waals surface area contributed by atoms with Gasteiger partial charge in [0.25, 0.3) is 0 Å². The molecule has 1 N–H and O–H groups in total. The summed E-state index contributed by atoms with van der Waals surface area (Å²) in [5.41, 5.74) is 0.897. The van der Waals surface area contributed by atoms with E-state index in [4.69, 9.17) is 0 Å². The molecule has 0 aliphatic heterocycles. The highest BCUT2D eigenvalue weighted by Crippen LogP contribution is 2.27. The molecule has 1 heterocycles. The second-order valence-corrected chi connectivity index (χ2v) is 5.83. The first-order valence-electron chi connectivity index (χ1n) is 5.78. The summed E-state index contributed by atoms with van der Waals surface area (Å²) in [5, 5.41) is 13.4. The molecule has 0 radical (unpaired) electrons. The maximum absolute atomic E-state index is 13.5. The molecule has 1 aromatic carbocycles. The van der Waals surface area contributed by atoms with Gasteiger partial charge in [0.15, 0.2) is 0 Å². The Labute approximate surface area is 110 Å². The third-order valence-electron chi connectivity index (χ3n) is 2.99. The highest BCUT2D eigenvalue weighted by molar-refractivity contribution is 7.09. The Kier molecular flexibility index (Phi) is 3.50. The van der Waals surface area contributed by atoms with Crippen molar-refractivity contribution in [2.24, 2.45) is 0 Å². The van der Waals surface area contributed by atoms with Gasteiger partial charge in [-0.1, -0.05) is 12.1 Å². The Morgan fingerprint density at radius 3 is 2.67 bits per heavy atom. The van der Waals surface area contributed by atoms with Gasteiger partial charge in [-0.15, -0.1) is 11.3 Å². The van der Waals surface area contributed by atoms with Crippen LogP contribution < -0.4 is 0 Å². The van der Waals surface area contributed by atoms with E-state index < -0.39 is 5.60 Å². The van der Waals surface area contributed by atoms with Crippen molar-refractivity contribution >= 4 is 11.3 Å². The molecule has 0 saturated carbocycles. The van der Waals surface area contributed by atoms with Crippen molar-refractivity contribution in [3.8, 4) is 0 Å². The second kappa shape index (κ2) is 4.78. The lowest BCUT2D eigenvalue weighted by atomic mass is 9.90. The predicted octanol–water partition coefficient (Wildman–Crippen LogP) is 3.35. The van der Waals surface area contributed by atoms with Gasteiger partial charge in [-0.25, -0.2) is 9.37 Å². The molecule has 2 aromatic rings. The van der Waals surface area contributed by atoms with Crippen LogP contribution in [0.15, 0.2) is 23.6 Å². The SMILES string of the molecule is Cc1nc(CC(C)(O)c2ccc(C)c(F)c2)cs1. The van der Waals surface area contributed by atoms with E-state index >= 15 is 0 Å². The van der Waals surface area contributed by atoms with Crippen LogP contribution in [-0.2, 0) is 12.0 Å². The highest BCUT2D eigenvalue weighted by Gasteiger charge is 2.25. The molecule has 96 valence electrons. The Bertz CT molecular complexity index is 563. The predicted molar refractivity (Wildman–Crippen MR) is 71.3 cm³/mol. The zero-order valence-electron chi connectivity index (χ0n) is 10.7. The molecule has 18 heavy (non-hydrogen) atoms. The van der Waals surface area contributed by atoms with Gasteiger partial charge in [0.1, 0.15) is 5.82 Å². The Hall–Kier alpha value is -1.26. The first-order valence-corrected chi connectivity index (χ1v) is 6.66. The van der Waals surface area contributed by atoms with E-state index in [1.807, 2.05) is 12.3 Å². The topological polar surface area (TPSA) is 33.1 Å². The maximum Gasteiger partial charge on any atom is 0.126 e. The van der Waals surface area contributed by atoms with Crippen LogP contribution in [0.5, 0.6) is 0 Å². The zero-order chi connectivity index (χ0) is 13.3. The van der Waals surface area contributed by atoms with Gasteiger partial charge in [-0.2, -0.15) is 0 Å². The number of aromatic nitrogens is 1. The Morgan fingerprint density at radius 2 is 2.11 bits per heavy atom. The van der Waals surface area contributed by atoms with Crippen molar-refractivity contribution in [3.05, 3.63) is 51.2 Å². The van der Waals surface area contributed by atoms with Crippen LogP contribution in [-0.4, -0.2) is 10.1 Å². The van der Waals surface area contributed by atoms with Crippen molar-refractivity contribution in [1.29, 1.82) is 0 Å².